The van der Waals surface area contributed by atoms with Gasteiger partial charge in [-0.2, -0.15) is 0 Å². The summed E-state index contributed by atoms with van der Waals surface area (Å²) in [4.78, 5) is 43.0. The van der Waals surface area contributed by atoms with Gasteiger partial charge in [0.2, 0.25) is 0 Å². The maximum atomic E-state index is 12.4. The van der Waals surface area contributed by atoms with Gasteiger partial charge in [0.25, 0.3) is 0 Å². The summed E-state index contributed by atoms with van der Waals surface area (Å²) in [5, 5.41) is 0. The Bertz CT molecular complexity index is 920. The fourth-order valence-electron chi connectivity index (χ4n) is 7.19. The molecule has 8 nitrogen and oxygen atoms in total. The van der Waals surface area contributed by atoms with Crippen molar-refractivity contribution in [3.63, 3.8) is 0 Å². The number of phosphoric acid groups is 1. The Morgan fingerprint density at radius 3 is 1.09 bits per heavy atom. The van der Waals surface area contributed by atoms with Crippen LogP contribution < -0.4 is 0 Å². The predicted octanol–water partition coefficient (Wildman–Crippen LogP) is 15.0. The predicted molar refractivity (Wildman–Crippen MR) is 235 cm³/mol. The van der Waals surface area contributed by atoms with Crippen LogP contribution in [0, 0.1) is 0 Å². The SMILES string of the molecule is CCCCCCCC/C=C/CCCCCCCCCCCCCC(=O)OC[C@H](COP(=O)(O)O)OC(=O)CCCCCCCCCCCCCCCCCCC. The first-order valence-electron chi connectivity index (χ1n) is 24.0. The largest absolute Gasteiger partial charge is 0.469 e. The van der Waals surface area contributed by atoms with Gasteiger partial charge in [-0.05, 0) is 38.5 Å². The molecule has 0 aliphatic carbocycles. The first-order chi connectivity index (χ1) is 27.3. The van der Waals surface area contributed by atoms with Crippen molar-refractivity contribution in [2.45, 2.75) is 264 Å². The van der Waals surface area contributed by atoms with Crippen LogP contribution in [-0.4, -0.2) is 41.0 Å². The molecule has 56 heavy (non-hydrogen) atoms. The minimum absolute atomic E-state index is 0.218. The van der Waals surface area contributed by atoms with Gasteiger partial charge in [-0.15, -0.1) is 0 Å². The summed E-state index contributed by atoms with van der Waals surface area (Å²) in [6, 6.07) is 0. The van der Waals surface area contributed by atoms with Gasteiger partial charge in [-0.25, -0.2) is 4.57 Å². The highest BCUT2D eigenvalue weighted by Gasteiger charge is 2.23. The molecular weight excluding hydrogens is 723 g/mol. The molecule has 0 fully saturated rings. The molecule has 332 valence electrons. The molecule has 0 aromatic heterocycles. The second kappa shape index (κ2) is 43.4. The van der Waals surface area contributed by atoms with E-state index in [1.54, 1.807) is 0 Å². The van der Waals surface area contributed by atoms with Crippen molar-refractivity contribution >= 4 is 19.8 Å². The topological polar surface area (TPSA) is 119 Å². The number of hydrogen-bond donors (Lipinski definition) is 2. The number of hydrogen-bond acceptors (Lipinski definition) is 6. The van der Waals surface area contributed by atoms with Crippen molar-refractivity contribution in [2.75, 3.05) is 13.2 Å². The number of unbranched alkanes of at least 4 members (excludes halogenated alkanes) is 33. The summed E-state index contributed by atoms with van der Waals surface area (Å²) in [5.41, 5.74) is 0. The first kappa shape index (κ1) is 54.8. The van der Waals surface area contributed by atoms with E-state index in [2.05, 4.69) is 30.5 Å². The molecule has 0 aromatic carbocycles. The van der Waals surface area contributed by atoms with E-state index in [1.165, 1.54) is 193 Å². The third-order valence-corrected chi connectivity index (χ3v) is 11.3. The number of carbonyl (C=O) groups excluding carboxylic acids is 2. The zero-order valence-corrected chi connectivity index (χ0v) is 37.7. The van der Waals surface area contributed by atoms with E-state index in [-0.39, 0.29) is 19.4 Å². The van der Waals surface area contributed by atoms with Crippen LogP contribution in [-0.2, 0) is 28.2 Å². The number of rotatable bonds is 45. The van der Waals surface area contributed by atoms with Crippen LogP contribution in [0.5, 0.6) is 0 Å². The highest BCUT2D eigenvalue weighted by molar-refractivity contribution is 7.46. The van der Waals surface area contributed by atoms with Crippen LogP contribution in [0.15, 0.2) is 12.2 Å². The molecule has 0 spiro atoms. The monoisotopic (exact) mass is 815 g/mol. The Labute approximate surface area is 346 Å². The number of carbonyl (C=O) groups is 2. The van der Waals surface area contributed by atoms with Crippen molar-refractivity contribution in [3.8, 4) is 0 Å². The summed E-state index contributed by atoms with van der Waals surface area (Å²) >= 11 is 0. The lowest BCUT2D eigenvalue weighted by molar-refractivity contribution is -0.161. The Balaban J connectivity index is 3.80. The zero-order chi connectivity index (χ0) is 41.1. The van der Waals surface area contributed by atoms with Crippen molar-refractivity contribution in [1.29, 1.82) is 0 Å². The summed E-state index contributed by atoms with van der Waals surface area (Å²) in [6.45, 7) is 3.73. The van der Waals surface area contributed by atoms with Crippen molar-refractivity contribution in [1.82, 2.24) is 0 Å². The first-order valence-corrected chi connectivity index (χ1v) is 25.5. The van der Waals surface area contributed by atoms with Gasteiger partial charge in [0, 0.05) is 12.8 Å². The third kappa shape index (κ3) is 45.5. The molecule has 2 N–H and O–H groups in total. The van der Waals surface area contributed by atoms with Gasteiger partial charge in [-0.3, -0.25) is 14.1 Å². The standard InChI is InChI=1S/C47H91O8P/c1-3-5-7-9-11-13-15-17-19-21-22-23-24-26-27-29-31-33-35-37-39-41-46(48)53-43-45(44-54-56(50,51)52)55-47(49)42-40-38-36-34-32-30-28-25-20-18-16-14-12-10-8-6-4-2/h17,19,45H,3-16,18,20-44H2,1-2H3,(H2,50,51,52)/b19-17+/t45-/m1/s1. The molecule has 0 aliphatic heterocycles. The van der Waals surface area contributed by atoms with Gasteiger partial charge in [0.05, 0.1) is 6.61 Å². The van der Waals surface area contributed by atoms with Gasteiger partial charge < -0.3 is 19.3 Å². The van der Waals surface area contributed by atoms with Crippen LogP contribution >= 0.6 is 7.82 Å². The quantitative estimate of drug-likeness (QED) is 0.0270. The summed E-state index contributed by atoms with van der Waals surface area (Å²) in [6.07, 6.45) is 49.4. The second-order valence-electron chi connectivity index (χ2n) is 16.4. The minimum Gasteiger partial charge on any atom is -0.462 e. The average molecular weight is 815 g/mol. The smallest absolute Gasteiger partial charge is 0.462 e. The van der Waals surface area contributed by atoms with E-state index in [4.69, 9.17) is 19.3 Å². The number of esters is 2. The second-order valence-corrected chi connectivity index (χ2v) is 17.7. The molecule has 0 aliphatic rings. The van der Waals surface area contributed by atoms with E-state index in [1.807, 2.05) is 0 Å². The van der Waals surface area contributed by atoms with Crippen molar-refractivity contribution in [3.05, 3.63) is 12.2 Å². The molecule has 0 bridgehead atoms. The maximum absolute atomic E-state index is 12.4. The van der Waals surface area contributed by atoms with Crippen LogP contribution in [0.1, 0.15) is 258 Å². The lowest BCUT2D eigenvalue weighted by Crippen LogP contribution is -2.29. The van der Waals surface area contributed by atoms with E-state index < -0.39 is 32.5 Å². The van der Waals surface area contributed by atoms with Crippen LogP contribution in [0.3, 0.4) is 0 Å². The van der Waals surface area contributed by atoms with E-state index in [0.29, 0.717) is 6.42 Å². The highest BCUT2D eigenvalue weighted by Crippen LogP contribution is 2.36. The molecule has 0 unspecified atom stereocenters. The van der Waals surface area contributed by atoms with Gasteiger partial charge >= 0.3 is 19.8 Å². The zero-order valence-electron chi connectivity index (χ0n) is 36.8. The summed E-state index contributed by atoms with van der Waals surface area (Å²) in [5.74, 6) is -0.869. The number of allylic oxidation sites excluding steroid dienone is 2. The third-order valence-electron chi connectivity index (χ3n) is 10.8. The Morgan fingerprint density at radius 1 is 0.446 bits per heavy atom. The molecule has 0 rings (SSSR count). The molecule has 0 saturated carbocycles. The molecule has 0 amide bonds. The number of phosphoric ester groups is 1. The Morgan fingerprint density at radius 2 is 0.750 bits per heavy atom. The molecular formula is C47H91O8P. The summed E-state index contributed by atoms with van der Waals surface area (Å²) in [7, 11) is -4.75. The van der Waals surface area contributed by atoms with Crippen molar-refractivity contribution < 1.29 is 37.9 Å². The van der Waals surface area contributed by atoms with Gasteiger partial charge in [0.15, 0.2) is 6.10 Å². The van der Waals surface area contributed by atoms with Crippen LogP contribution in [0.4, 0.5) is 0 Å². The van der Waals surface area contributed by atoms with Gasteiger partial charge in [0.1, 0.15) is 6.61 Å². The maximum Gasteiger partial charge on any atom is 0.469 e. The van der Waals surface area contributed by atoms with Crippen molar-refractivity contribution in [2.24, 2.45) is 0 Å². The van der Waals surface area contributed by atoms with E-state index in [0.717, 1.165) is 32.1 Å². The minimum atomic E-state index is -4.75. The Hall–Kier alpha value is -1.21. The fourth-order valence-corrected chi connectivity index (χ4v) is 7.55. The normalized spacial score (nSPS) is 12.4. The lowest BCUT2D eigenvalue weighted by atomic mass is 10.0. The number of ether oxygens (including phenoxy) is 2. The average Bonchev–Trinajstić information content (AvgIpc) is 3.17. The lowest BCUT2D eigenvalue weighted by Gasteiger charge is -2.18. The van der Waals surface area contributed by atoms with Gasteiger partial charge in [-0.1, -0.05) is 219 Å². The molecule has 0 saturated heterocycles. The fraction of sp³-hybridized carbons (Fsp3) is 0.915. The van der Waals surface area contributed by atoms with Crippen LogP contribution in [0.2, 0.25) is 0 Å². The molecule has 9 heteroatoms. The molecule has 0 aromatic rings. The molecule has 1 atom stereocenters. The Kier molecular flexibility index (Phi) is 42.4. The van der Waals surface area contributed by atoms with E-state index >= 15 is 0 Å². The molecule has 0 radical (unpaired) electrons. The van der Waals surface area contributed by atoms with Crippen LogP contribution in [0.25, 0.3) is 0 Å². The summed E-state index contributed by atoms with van der Waals surface area (Å²) < 4.78 is 26.5. The van der Waals surface area contributed by atoms with E-state index in [9.17, 15) is 14.2 Å². The highest BCUT2D eigenvalue weighted by atomic mass is 31.2. The molecule has 0 heterocycles.